The zero-order valence-corrected chi connectivity index (χ0v) is 14.2. The van der Waals surface area contributed by atoms with Crippen LogP contribution in [0.2, 0.25) is 0 Å². The molecule has 0 aliphatic heterocycles. The third kappa shape index (κ3) is 2.66. The Labute approximate surface area is 140 Å². The van der Waals surface area contributed by atoms with Gasteiger partial charge in [-0.25, -0.2) is 4.98 Å². The fourth-order valence-electron chi connectivity index (χ4n) is 3.09. The van der Waals surface area contributed by atoms with Crippen LogP contribution >= 0.6 is 0 Å². The average Bonchev–Trinajstić information content (AvgIpc) is 2.96. The standard InChI is InChI=1S/C17H20N4O3/c1-17(2)10-14(17)20(4)12-6-5-11(9-13(12)21(23)24)15(22)16-18-7-8-19(16)3/h5-9,14H,10H2,1-4H3. The maximum Gasteiger partial charge on any atom is 0.293 e. The highest BCUT2D eigenvalue weighted by Gasteiger charge is 2.49. The van der Waals surface area contributed by atoms with E-state index in [-0.39, 0.29) is 34.3 Å². The molecular formula is C17H20N4O3. The monoisotopic (exact) mass is 328 g/mol. The van der Waals surface area contributed by atoms with Crippen LogP contribution in [0.5, 0.6) is 0 Å². The highest BCUT2D eigenvalue weighted by molar-refractivity contribution is 6.07. The Hall–Kier alpha value is -2.70. The summed E-state index contributed by atoms with van der Waals surface area (Å²) in [5, 5.41) is 11.5. The van der Waals surface area contributed by atoms with Gasteiger partial charge in [-0.15, -0.1) is 0 Å². The molecule has 24 heavy (non-hydrogen) atoms. The summed E-state index contributed by atoms with van der Waals surface area (Å²) in [7, 11) is 3.58. The maximum absolute atomic E-state index is 12.5. The van der Waals surface area contributed by atoms with Gasteiger partial charge in [-0.3, -0.25) is 14.9 Å². The third-order valence-electron chi connectivity index (χ3n) is 4.77. The molecule has 1 aromatic heterocycles. The summed E-state index contributed by atoms with van der Waals surface area (Å²) in [6.07, 6.45) is 4.19. The summed E-state index contributed by atoms with van der Waals surface area (Å²) in [4.78, 5) is 29.5. The molecule has 0 radical (unpaired) electrons. The lowest BCUT2D eigenvalue weighted by Crippen LogP contribution is -2.24. The van der Waals surface area contributed by atoms with Crippen LogP contribution in [0.4, 0.5) is 11.4 Å². The minimum Gasteiger partial charge on any atom is -0.366 e. The number of aromatic nitrogens is 2. The van der Waals surface area contributed by atoms with Gasteiger partial charge < -0.3 is 9.47 Å². The van der Waals surface area contributed by atoms with Crippen LogP contribution in [0.1, 0.15) is 36.5 Å². The van der Waals surface area contributed by atoms with E-state index in [0.29, 0.717) is 5.69 Å². The molecule has 0 N–H and O–H groups in total. The van der Waals surface area contributed by atoms with E-state index in [1.165, 1.54) is 12.3 Å². The Balaban J connectivity index is 1.98. The molecule has 1 atom stereocenters. The fourth-order valence-corrected chi connectivity index (χ4v) is 3.09. The Kier molecular flexibility index (Phi) is 3.66. The molecule has 0 bridgehead atoms. The zero-order valence-electron chi connectivity index (χ0n) is 14.2. The number of rotatable bonds is 5. The second-order valence-electron chi connectivity index (χ2n) is 6.97. The van der Waals surface area contributed by atoms with Gasteiger partial charge >= 0.3 is 0 Å². The first kappa shape index (κ1) is 16.2. The summed E-state index contributed by atoms with van der Waals surface area (Å²) in [5.41, 5.74) is 0.903. The number of nitro benzene ring substituents is 1. The first-order chi connectivity index (χ1) is 11.2. The van der Waals surface area contributed by atoms with E-state index >= 15 is 0 Å². The Morgan fingerprint density at radius 3 is 2.62 bits per heavy atom. The van der Waals surface area contributed by atoms with Crippen molar-refractivity contribution in [1.82, 2.24) is 9.55 Å². The Morgan fingerprint density at radius 1 is 1.46 bits per heavy atom. The van der Waals surface area contributed by atoms with Crippen LogP contribution < -0.4 is 4.90 Å². The minimum atomic E-state index is -0.434. The summed E-state index contributed by atoms with van der Waals surface area (Å²) >= 11 is 0. The van der Waals surface area contributed by atoms with Crippen LogP contribution in [0.3, 0.4) is 0 Å². The van der Waals surface area contributed by atoms with Crippen molar-refractivity contribution in [3.05, 3.63) is 52.1 Å². The van der Waals surface area contributed by atoms with Gasteiger partial charge in [-0.1, -0.05) is 13.8 Å². The predicted octanol–water partition coefficient (Wildman–Crippen LogP) is 2.79. The van der Waals surface area contributed by atoms with Crippen LogP contribution in [-0.2, 0) is 7.05 Å². The molecule has 1 aliphatic rings. The summed E-state index contributed by atoms with van der Waals surface area (Å²) in [6, 6.07) is 4.90. The molecule has 126 valence electrons. The highest BCUT2D eigenvalue weighted by Crippen LogP contribution is 2.50. The molecule has 3 rings (SSSR count). The number of hydrogen-bond acceptors (Lipinski definition) is 5. The largest absolute Gasteiger partial charge is 0.366 e. The molecule has 1 fully saturated rings. The summed E-state index contributed by atoms with van der Waals surface area (Å²) < 4.78 is 1.60. The highest BCUT2D eigenvalue weighted by atomic mass is 16.6. The number of aryl methyl sites for hydroxylation is 1. The molecule has 1 heterocycles. The number of carbonyl (C=O) groups excluding carboxylic acids is 1. The Morgan fingerprint density at radius 2 is 2.12 bits per heavy atom. The van der Waals surface area contributed by atoms with Gasteiger partial charge in [-0.2, -0.15) is 0 Å². The molecule has 1 aliphatic carbocycles. The van der Waals surface area contributed by atoms with Gasteiger partial charge in [0.25, 0.3) is 5.69 Å². The van der Waals surface area contributed by atoms with Crippen molar-refractivity contribution < 1.29 is 9.72 Å². The van der Waals surface area contributed by atoms with E-state index in [2.05, 4.69) is 18.8 Å². The van der Waals surface area contributed by atoms with Crippen molar-refractivity contribution in [3.63, 3.8) is 0 Å². The van der Waals surface area contributed by atoms with E-state index in [4.69, 9.17) is 0 Å². The number of nitro groups is 1. The molecular weight excluding hydrogens is 308 g/mol. The van der Waals surface area contributed by atoms with E-state index in [0.717, 1.165) is 6.42 Å². The van der Waals surface area contributed by atoms with Crippen molar-refractivity contribution in [2.24, 2.45) is 12.5 Å². The second-order valence-corrected chi connectivity index (χ2v) is 6.97. The Bertz CT molecular complexity index is 825. The van der Waals surface area contributed by atoms with Crippen molar-refractivity contribution >= 4 is 17.2 Å². The number of anilines is 1. The normalized spacial score (nSPS) is 18.2. The van der Waals surface area contributed by atoms with Crippen molar-refractivity contribution in [3.8, 4) is 0 Å². The molecule has 1 aromatic carbocycles. The van der Waals surface area contributed by atoms with Crippen molar-refractivity contribution in [1.29, 1.82) is 0 Å². The lowest BCUT2D eigenvalue weighted by Gasteiger charge is -2.21. The maximum atomic E-state index is 12.5. The van der Waals surface area contributed by atoms with Gasteiger partial charge in [0.1, 0.15) is 5.69 Å². The SMILES string of the molecule is CN(c1ccc(C(=O)c2nccn2C)cc1[N+](=O)[O-])C1CC1(C)C. The molecule has 0 spiro atoms. The predicted molar refractivity (Wildman–Crippen MR) is 90.3 cm³/mol. The molecule has 0 saturated heterocycles. The zero-order chi connectivity index (χ0) is 17.6. The first-order valence-electron chi connectivity index (χ1n) is 7.75. The van der Waals surface area contributed by atoms with Gasteiger partial charge in [0.2, 0.25) is 5.78 Å². The van der Waals surface area contributed by atoms with Crippen LogP contribution in [-0.4, -0.2) is 33.3 Å². The van der Waals surface area contributed by atoms with Gasteiger partial charge in [0, 0.05) is 44.2 Å². The number of carbonyl (C=O) groups is 1. The van der Waals surface area contributed by atoms with Gasteiger partial charge in [0.15, 0.2) is 5.82 Å². The van der Waals surface area contributed by atoms with Crippen LogP contribution in [0.25, 0.3) is 0 Å². The average molecular weight is 328 g/mol. The number of benzene rings is 1. The molecule has 7 nitrogen and oxygen atoms in total. The number of imidazole rings is 1. The first-order valence-corrected chi connectivity index (χ1v) is 7.75. The molecule has 1 saturated carbocycles. The topological polar surface area (TPSA) is 81.3 Å². The van der Waals surface area contributed by atoms with Crippen LogP contribution in [0.15, 0.2) is 30.6 Å². The van der Waals surface area contributed by atoms with E-state index in [1.807, 2.05) is 11.9 Å². The van der Waals surface area contributed by atoms with Crippen molar-refractivity contribution in [2.75, 3.05) is 11.9 Å². The molecule has 2 aromatic rings. The number of hydrogen-bond donors (Lipinski definition) is 0. The molecule has 1 unspecified atom stereocenters. The van der Waals surface area contributed by atoms with Crippen LogP contribution in [0, 0.1) is 15.5 Å². The quantitative estimate of drug-likeness (QED) is 0.479. The third-order valence-corrected chi connectivity index (χ3v) is 4.77. The number of ketones is 1. The smallest absolute Gasteiger partial charge is 0.293 e. The fraction of sp³-hybridized carbons (Fsp3) is 0.412. The molecule has 0 amide bonds. The summed E-state index contributed by atoms with van der Waals surface area (Å²) in [6.45, 7) is 4.28. The van der Waals surface area contributed by atoms with Gasteiger partial charge in [0.05, 0.1) is 4.92 Å². The van der Waals surface area contributed by atoms with Gasteiger partial charge in [-0.05, 0) is 24.0 Å². The van der Waals surface area contributed by atoms with E-state index in [1.54, 1.807) is 29.9 Å². The molecule has 7 heteroatoms. The lowest BCUT2D eigenvalue weighted by atomic mass is 10.1. The van der Waals surface area contributed by atoms with Crippen molar-refractivity contribution in [2.45, 2.75) is 26.3 Å². The van der Waals surface area contributed by atoms with E-state index in [9.17, 15) is 14.9 Å². The number of nitrogens with zero attached hydrogens (tertiary/aromatic N) is 4. The minimum absolute atomic E-state index is 0.0553. The van der Waals surface area contributed by atoms with E-state index < -0.39 is 4.92 Å². The lowest BCUT2D eigenvalue weighted by molar-refractivity contribution is -0.384. The second kappa shape index (κ2) is 5.43. The summed E-state index contributed by atoms with van der Waals surface area (Å²) in [5.74, 6) is -0.0692.